The van der Waals surface area contributed by atoms with E-state index >= 15 is 0 Å². The Hall–Kier alpha value is -0.820. The molecular formula is C18H27N. The number of rotatable bonds is 5. The Labute approximate surface area is 117 Å². The minimum atomic E-state index is 0.724. The highest BCUT2D eigenvalue weighted by molar-refractivity contribution is 5.32. The molecule has 0 radical (unpaired) electrons. The maximum Gasteiger partial charge on any atom is 0.00725 e. The van der Waals surface area contributed by atoms with Crippen LogP contribution < -0.4 is 5.32 Å². The van der Waals surface area contributed by atoms with E-state index < -0.39 is 0 Å². The first-order valence-corrected chi connectivity index (χ1v) is 8.12. The van der Waals surface area contributed by atoms with Gasteiger partial charge in [-0.15, -0.1) is 0 Å². The van der Waals surface area contributed by atoms with Crippen LogP contribution in [0.4, 0.5) is 0 Å². The quantitative estimate of drug-likeness (QED) is 0.830. The summed E-state index contributed by atoms with van der Waals surface area (Å²) in [6.07, 6.45) is 11.2. The van der Waals surface area contributed by atoms with E-state index in [1.807, 2.05) is 0 Å². The Kier molecular flexibility index (Phi) is 4.22. The van der Waals surface area contributed by atoms with Crippen LogP contribution in [0, 0.1) is 5.92 Å². The van der Waals surface area contributed by atoms with Gasteiger partial charge in [-0.3, -0.25) is 0 Å². The molecule has 0 aromatic heterocycles. The summed E-state index contributed by atoms with van der Waals surface area (Å²) in [7, 11) is 2.15. The van der Waals surface area contributed by atoms with Crippen molar-refractivity contribution in [1.82, 2.24) is 5.32 Å². The maximum absolute atomic E-state index is 3.58. The fraction of sp³-hybridized carbons (Fsp3) is 0.667. The number of hydrogen-bond acceptors (Lipinski definition) is 1. The number of fused-ring (bicyclic) bond motifs is 1. The summed E-state index contributed by atoms with van der Waals surface area (Å²) < 4.78 is 0. The average molecular weight is 257 g/mol. The van der Waals surface area contributed by atoms with E-state index in [4.69, 9.17) is 0 Å². The molecule has 1 nitrogen and oxygen atoms in total. The zero-order chi connectivity index (χ0) is 13.1. The predicted molar refractivity (Wildman–Crippen MR) is 81.5 cm³/mol. The molecule has 104 valence electrons. The van der Waals surface area contributed by atoms with Gasteiger partial charge in [0.1, 0.15) is 0 Å². The van der Waals surface area contributed by atoms with Crippen LogP contribution in [0.3, 0.4) is 0 Å². The molecule has 0 bridgehead atoms. The molecule has 19 heavy (non-hydrogen) atoms. The summed E-state index contributed by atoms with van der Waals surface area (Å²) >= 11 is 0. The van der Waals surface area contributed by atoms with Gasteiger partial charge in [-0.05, 0) is 62.1 Å². The van der Waals surface area contributed by atoms with Crippen LogP contribution in [0.2, 0.25) is 0 Å². The van der Waals surface area contributed by atoms with Crippen molar-refractivity contribution in [2.75, 3.05) is 7.05 Å². The lowest BCUT2D eigenvalue weighted by Gasteiger charge is -2.33. The van der Waals surface area contributed by atoms with Crippen LogP contribution in [0.1, 0.15) is 62.0 Å². The van der Waals surface area contributed by atoms with E-state index in [9.17, 15) is 0 Å². The number of nitrogens with one attached hydrogen (secondary N) is 1. The Morgan fingerprint density at radius 1 is 1.11 bits per heavy atom. The number of hydrogen-bond donors (Lipinski definition) is 1. The first-order chi connectivity index (χ1) is 9.36. The van der Waals surface area contributed by atoms with Crippen molar-refractivity contribution >= 4 is 0 Å². The molecule has 3 rings (SSSR count). The minimum absolute atomic E-state index is 0.724. The molecule has 0 heterocycles. The summed E-state index contributed by atoms with van der Waals surface area (Å²) in [6.45, 7) is 0. The van der Waals surface area contributed by atoms with Gasteiger partial charge in [-0.2, -0.15) is 0 Å². The first-order valence-electron chi connectivity index (χ1n) is 8.12. The second kappa shape index (κ2) is 6.09. The monoisotopic (exact) mass is 257 g/mol. The second-order valence-corrected chi connectivity index (χ2v) is 6.54. The van der Waals surface area contributed by atoms with Gasteiger partial charge in [0.25, 0.3) is 0 Å². The van der Waals surface area contributed by atoms with Crippen molar-refractivity contribution in [3.8, 4) is 0 Å². The smallest absolute Gasteiger partial charge is 0.00725 e. The topological polar surface area (TPSA) is 12.0 Å². The van der Waals surface area contributed by atoms with Gasteiger partial charge in [0.15, 0.2) is 0 Å². The fourth-order valence-electron chi connectivity index (χ4n) is 3.91. The molecule has 2 aliphatic rings. The summed E-state index contributed by atoms with van der Waals surface area (Å²) in [6, 6.07) is 9.85. The predicted octanol–water partition coefficient (Wildman–Crippen LogP) is 4.27. The van der Waals surface area contributed by atoms with E-state index in [2.05, 4.69) is 36.6 Å². The summed E-state index contributed by atoms with van der Waals surface area (Å²) in [5, 5.41) is 3.58. The Morgan fingerprint density at radius 3 is 2.68 bits per heavy atom. The molecule has 0 aliphatic heterocycles. The lowest BCUT2D eigenvalue weighted by Crippen LogP contribution is -2.32. The van der Waals surface area contributed by atoms with Gasteiger partial charge in [0, 0.05) is 6.04 Å². The Morgan fingerprint density at radius 2 is 1.95 bits per heavy atom. The van der Waals surface area contributed by atoms with E-state index in [1.54, 1.807) is 11.1 Å². The largest absolute Gasteiger partial charge is 0.317 e. The van der Waals surface area contributed by atoms with Crippen molar-refractivity contribution in [3.05, 3.63) is 35.4 Å². The van der Waals surface area contributed by atoms with Gasteiger partial charge < -0.3 is 5.32 Å². The van der Waals surface area contributed by atoms with E-state index in [-0.39, 0.29) is 0 Å². The molecule has 0 spiro atoms. The normalized spacial score (nSPS) is 24.6. The van der Waals surface area contributed by atoms with E-state index in [1.165, 1.54) is 51.4 Å². The van der Waals surface area contributed by atoms with Crippen molar-refractivity contribution < 1.29 is 0 Å². The molecule has 1 fully saturated rings. The van der Waals surface area contributed by atoms with Crippen molar-refractivity contribution in [3.63, 3.8) is 0 Å². The highest BCUT2D eigenvalue weighted by Crippen LogP contribution is 2.37. The molecule has 1 heteroatoms. The highest BCUT2D eigenvalue weighted by Gasteiger charge is 2.26. The van der Waals surface area contributed by atoms with Crippen LogP contribution >= 0.6 is 0 Å². The van der Waals surface area contributed by atoms with Crippen LogP contribution in [0.15, 0.2) is 24.3 Å². The van der Waals surface area contributed by atoms with Crippen LogP contribution in [-0.2, 0) is 6.42 Å². The zero-order valence-electron chi connectivity index (χ0n) is 12.2. The lowest BCUT2D eigenvalue weighted by atomic mass is 9.75. The third-order valence-electron chi connectivity index (χ3n) is 5.31. The van der Waals surface area contributed by atoms with Gasteiger partial charge >= 0.3 is 0 Å². The van der Waals surface area contributed by atoms with Crippen LogP contribution in [0.25, 0.3) is 0 Å². The van der Waals surface area contributed by atoms with Gasteiger partial charge in [0.05, 0.1) is 0 Å². The highest BCUT2D eigenvalue weighted by atomic mass is 14.9. The minimum Gasteiger partial charge on any atom is -0.317 e. The van der Waals surface area contributed by atoms with E-state index in [0.717, 1.165) is 17.9 Å². The number of benzene rings is 1. The van der Waals surface area contributed by atoms with Gasteiger partial charge in [-0.25, -0.2) is 0 Å². The first kappa shape index (κ1) is 13.2. The third kappa shape index (κ3) is 3.02. The van der Waals surface area contributed by atoms with Crippen LogP contribution in [-0.4, -0.2) is 13.1 Å². The average Bonchev–Trinajstić information content (AvgIpc) is 2.41. The summed E-state index contributed by atoms with van der Waals surface area (Å²) in [4.78, 5) is 0. The fourth-order valence-corrected chi connectivity index (χ4v) is 3.91. The SMILES string of the molecule is CNC(CC1CCC1)CC1CCCc2ccccc21. The maximum atomic E-state index is 3.58. The van der Waals surface area contributed by atoms with Crippen LogP contribution in [0.5, 0.6) is 0 Å². The molecule has 1 N–H and O–H groups in total. The summed E-state index contributed by atoms with van der Waals surface area (Å²) in [5.41, 5.74) is 3.25. The number of aryl methyl sites for hydroxylation is 1. The van der Waals surface area contributed by atoms with Crippen molar-refractivity contribution in [1.29, 1.82) is 0 Å². The summed E-state index contributed by atoms with van der Waals surface area (Å²) in [5.74, 6) is 1.80. The van der Waals surface area contributed by atoms with E-state index in [0.29, 0.717) is 0 Å². The zero-order valence-corrected chi connectivity index (χ0v) is 12.2. The molecule has 2 aliphatic carbocycles. The molecule has 1 aromatic carbocycles. The third-order valence-corrected chi connectivity index (χ3v) is 5.31. The molecule has 2 atom stereocenters. The van der Waals surface area contributed by atoms with Crippen molar-refractivity contribution in [2.45, 2.75) is 63.3 Å². The lowest BCUT2D eigenvalue weighted by molar-refractivity contribution is 0.251. The van der Waals surface area contributed by atoms with Gasteiger partial charge in [0.2, 0.25) is 0 Å². The second-order valence-electron chi connectivity index (χ2n) is 6.54. The Bertz CT molecular complexity index is 408. The van der Waals surface area contributed by atoms with Gasteiger partial charge in [-0.1, -0.05) is 43.5 Å². The standard InChI is InChI=1S/C18H27N/c1-19-17(12-14-6-4-7-14)13-16-10-5-9-15-8-2-3-11-18(15)16/h2-3,8,11,14,16-17,19H,4-7,9-10,12-13H2,1H3. The molecular weight excluding hydrogens is 230 g/mol. The molecule has 2 unspecified atom stereocenters. The van der Waals surface area contributed by atoms with Crippen molar-refractivity contribution in [2.24, 2.45) is 5.92 Å². The molecule has 1 saturated carbocycles. The molecule has 0 saturated heterocycles. The molecule has 0 amide bonds. The molecule has 1 aromatic rings. The Balaban J connectivity index is 1.65.